The van der Waals surface area contributed by atoms with E-state index < -0.39 is 0 Å². The summed E-state index contributed by atoms with van der Waals surface area (Å²) in [4.78, 5) is 11.8. The molecule has 1 aromatic carbocycles. The zero-order valence-corrected chi connectivity index (χ0v) is 11.4. The molecule has 1 aromatic heterocycles. The van der Waals surface area contributed by atoms with Crippen molar-refractivity contribution < 1.29 is 4.79 Å². The Hall–Kier alpha value is -1.82. The zero-order chi connectivity index (χ0) is 13.1. The van der Waals surface area contributed by atoms with Crippen molar-refractivity contribution in [2.75, 3.05) is 11.1 Å². The standard InChI is InChI=1S/C12H13BrN4O/c1-8-2-3-11(10(13)4-8)16-12(18)7-17-6-9(14)5-15-17/h2-6H,7,14H2,1H3,(H,16,18). The largest absolute Gasteiger partial charge is 0.396 e. The van der Waals surface area contributed by atoms with Crippen LogP contribution in [0.15, 0.2) is 35.1 Å². The molecule has 0 bridgehead atoms. The molecule has 0 radical (unpaired) electrons. The van der Waals surface area contributed by atoms with Gasteiger partial charge in [0.2, 0.25) is 5.91 Å². The summed E-state index contributed by atoms with van der Waals surface area (Å²) >= 11 is 3.41. The van der Waals surface area contributed by atoms with Crippen LogP contribution in [0.1, 0.15) is 5.56 Å². The third-order valence-electron chi connectivity index (χ3n) is 2.36. The van der Waals surface area contributed by atoms with Crippen LogP contribution in [0.2, 0.25) is 0 Å². The molecule has 0 aliphatic heterocycles. The molecule has 0 saturated heterocycles. The first kappa shape index (κ1) is 12.6. The number of nitrogens with zero attached hydrogens (tertiary/aromatic N) is 2. The second-order valence-corrected chi connectivity index (χ2v) is 4.86. The second kappa shape index (κ2) is 5.22. The van der Waals surface area contributed by atoms with Crippen molar-refractivity contribution in [3.05, 3.63) is 40.6 Å². The average Bonchev–Trinajstić information content (AvgIpc) is 2.68. The smallest absolute Gasteiger partial charge is 0.246 e. The van der Waals surface area contributed by atoms with E-state index in [1.54, 1.807) is 6.20 Å². The predicted octanol–water partition coefficient (Wildman–Crippen LogP) is 2.17. The molecular weight excluding hydrogens is 296 g/mol. The number of halogens is 1. The van der Waals surface area contributed by atoms with Crippen molar-refractivity contribution in [1.29, 1.82) is 0 Å². The van der Waals surface area contributed by atoms with Gasteiger partial charge in [0.05, 0.1) is 17.6 Å². The van der Waals surface area contributed by atoms with E-state index in [0.29, 0.717) is 5.69 Å². The molecule has 0 aliphatic carbocycles. The Labute approximate surface area is 113 Å². The minimum atomic E-state index is -0.150. The van der Waals surface area contributed by atoms with Crippen LogP contribution in [0.5, 0.6) is 0 Å². The number of carbonyl (C=O) groups excluding carboxylic acids is 1. The molecule has 1 heterocycles. The van der Waals surface area contributed by atoms with Crippen molar-refractivity contribution in [2.45, 2.75) is 13.5 Å². The first-order valence-electron chi connectivity index (χ1n) is 5.38. The van der Waals surface area contributed by atoms with E-state index in [2.05, 4.69) is 26.3 Å². The minimum Gasteiger partial charge on any atom is -0.396 e. The lowest BCUT2D eigenvalue weighted by atomic mass is 10.2. The molecule has 18 heavy (non-hydrogen) atoms. The normalized spacial score (nSPS) is 10.3. The average molecular weight is 309 g/mol. The molecule has 0 aliphatic rings. The van der Waals surface area contributed by atoms with Crippen molar-refractivity contribution in [2.24, 2.45) is 0 Å². The third-order valence-corrected chi connectivity index (χ3v) is 3.01. The monoisotopic (exact) mass is 308 g/mol. The molecule has 3 N–H and O–H groups in total. The van der Waals surface area contributed by atoms with E-state index in [4.69, 9.17) is 5.73 Å². The van der Waals surface area contributed by atoms with Gasteiger partial charge in [-0.05, 0) is 40.5 Å². The number of anilines is 2. The molecule has 0 fully saturated rings. The number of benzene rings is 1. The van der Waals surface area contributed by atoms with Gasteiger partial charge in [-0.2, -0.15) is 5.10 Å². The third kappa shape index (κ3) is 3.10. The van der Waals surface area contributed by atoms with Crippen molar-refractivity contribution in [1.82, 2.24) is 9.78 Å². The van der Waals surface area contributed by atoms with Gasteiger partial charge < -0.3 is 11.1 Å². The van der Waals surface area contributed by atoms with Crippen LogP contribution < -0.4 is 11.1 Å². The lowest BCUT2D eigenvalue weighted by Crippen LogP contribution is -2.19. The summed E-state index contributed by atoms with van der Waals surface area (Å²) in [6.45, 7) is 2.13. The molecule has 6 heteroatoms. The summed E-state index contributed by atoms with van der Waals surface area (Å²) in [5.74, 6) is -0.150. The number of aromatic nitrogens is 2. The van der Waals surface area contributed by atoms with Gasteiger partial charge in [-0.3, -0.25) is 9.48 Å². The van der Waals surface area contributed by atoms with Gasteiger partial charge in [0.25, 0.3) is 0 Å². The van der Waals surface area contributed by atoms with E-state index in [0.717, 1.165) is 15.7 Å². The summed E-state index contributed by atoms with van der Waals surface area (Å²) in [5, 5.41) is 6.76. The second-order valence-electron chi connectivity index (χ2n) is 4.00. The SMILES string of the molecule is Cc1ccc(NC(=O)Cn2cc(N)cn2)c(Br)c1. The number of carbonyl (C=O) groups is 1. The molecule has 0 saturated carbocycles. The topological polar surface area (TPSA) is 72.9 Å². The van der Waals surface area contributed by atoms with E-state index in [1.165, 1.54) is 10.9 Å². The Morgan fingerprint density at radius 1 is 1.56 bits per heavy atom. The quantitative estimate of drug-likeness (QED) is 0.912. The number of nitrogens with two attached hydrogens (primary N) is 1. The van der Waals surface area contributed by atoms with Crippen LogP contribution in [0.4, 0.5) is 11.4 Å². The van der Waals surface area contributed by atoms with Gasteiger partial charge >= 0.3 is 0 Å². The van der Waals surface area contributed by atoms with Crippen LogP contribution in [0.3, 0.4) is 0 Å². The van der Waals surface area contributed by atoms with E-state index >= 15 is 0 Å². The first-order valence-corrected chi connectivity index (χ1v) is 6.18. The van der Waals surface area contributed by atoms with E-state index in [1.807, 2.05) is 25.1 Å². The molecular formula is C12H13BrN4O. The first-order chi connectivity index (χ1) is 8.54. The Morgan fingerprint density at radius 3 is 2.94 bits per heavy atom. The number of rotatable bonds is 3. The van der Waals surface area contributed by atoms with E-state index in [9.17, 15) is 4.79 Å². The summed E-state index contributed by atoms with van der Waals surface area (Å²) in [6.07, 6.45) is 3.12. The molecule has 0 atom stereocenters. The number of hydrogen-bond donors (Lipinski definition) is 2. The highest BCUT2D eigenvalue weighted by molar-refractivity contribution is 9.10. The molecule has 1 amide bonds. The summed E-state index contributed by atoms with van der Waals surface area (Å²) in [6, 6.07) is 5.74. The molecule has 5 nitrogen and oxygen atoms in total. The molecule has 2 aromatic rings. The van der Waals surface area contributed by atoms with Gasteiger partial charge in [-0.15, -0.1) is 0 Å². The molecule has 2 rings (SSSR count). The van der Waals surface area contributed by atoms with Gasteiger partial charge in [0, 0.05) is 10.7 Å². The minimum absolute atomic E-state index is 0.136. The fraction of sp³-hybridized carbons (Fsp3) is 0.167. The van der Waals surface area contributed by atoms with Gasteiger partial charge in [0.1, 0.15) is 6.54 Å². The Kier molecular flexibility index (Phi) is 3.66. The summed E-state index contributed by atoms with van der Waals surface area (Å²) in [7, 11) is 0. The lowest BCUT2D eigenvalue weighted by molar-refractivity contribution is -0.116. The Morgan fingerprint density at radius 2 is 2.33 bits per heavy atom. The highest BCUT2D eigenvalue weighted by atomic mass is 79.9. The Balaban J connectivity index is 2.03. The molecule has 0 spiro atoms. The van der Waals surface area contributed by atoms with Crippen LogP contribution in [-0.2, 0) is 11.3 Å². The fourth-order valence-electron chi connectivity index (χ4n) is 1.52. The number of hydrogen-bond acceptors (Lipinski definition) is 3. The van der Waals surface area contributed by atoms with Crippen molar-refractivity contribution in [3.63, 3.8) is 0 Å². The van der Waals surface area contributed by atoms with Crippen molar-refractivity contribution >= 4 is 33.2 Å². The zero-order valence-electron chi connectivity index (χ0n) is 9.85. The molecule has 94 valence electrons. The number of nitrogens with one attached hydrogen (secondary N) is 1. The maximum atomic E-state index is 11.8. The summed E-state index contributed by atoms with van der Waals surface area (Å²) < 4.78 is 2.35. The molecule has 0 unspecified atom stereocenters. The van der Waals surface area contributed by atoms with Gasteiger partial charge in [-0.25, -0.2) is 0 Å². The van der Waals surface area contributed by atoms with Crippen LogP contribution in [-0.4, -0.2) is 15.7 Å². The van der Waals surface area contributed by atoms with E-state index in [-0.39, 0.29) is 12.5 Å². The van der Waals surface area contributed by atoms with Crippen LogP contribution in [0, 0.1) is 6.92 Å². The van der Waals surface area contributed by atoms with Crippen molar-refractivity contribution in [3.8, 4) is 0 Å². The Bertz CT molecular complexity index is 579. The maximum Gasteiger partial charge on any atom is 0.246 e. The maximum absolute atomic E-state index is 11.8. The highest BCUT2D eigenvalue weighted by Crippen LogP contribution is 2.23. The van der Waals surface area contributed by atoms with Crippen LogP contribution >= 0.6 is 15.9 Å². The van der Waals surface area contributed by atoms with Gasteiger partial charge in [-0.1, -0.05) is 6.07 Å². The summed E-state index contributed by atoms with van der Waals surface area (Å²) in [5.41, 5.74) is 7.93. The van der Waals surface area contributed by atoms with Crippen LogP contribution in [0.25, 0.3) is 0 Å². The number of nitrogen functional groups attached to an aromatic ring is 1. The highest BCUT2D eigenvalue weighted by Gasteiger charge is 2.07. The van der Waals surface area contributed by atoms with Gasteiger partial charge in [0.15, 0.2) is 0 Å². The number of amides is 1. The number of aryl methyl sites for hydroxylation is 1. The lowest BCUT2D eigenvalue weighted by Gasteiger charge is -2.08. The fourth-order valence-corrected chi connectivity index (χ4v) is 2.12. The predicted molar refractivity (Wildman–Crippen MR) is 74.1 cm³/mol.